The van der Waals surface area contributed by atoms with E-state index in [2.05, 4.69) is 56.2 Å². The third-order valence-electron chi connectivity index (χ3n) is 10.0. The first kappa shape index (κ1) is 49.1. The molecule has 1 N–H and O–H groups in total. The summed E-state index contributed by atoms with van der Waals surface area (Å²) in [7, 11) is 6.11. The second-order valence-corrected chi connectivity index (χ2v) is 15.4. The van der Waals surface area contributed by atoms with Crippen molar-refractivity contribution in [1.29, 1.82) is 5.26 Å². The second-order valence-electron chi connectivity index (χ2n) is 15.4. The summed E-state index contributed by atoms with van der Waals surface area (Å²) in [5.41, 5.74) is 0. The average molecular weight is 719 g/mol. The molecule has 300 valence electrons. The van der Waals surface area contributed by atoms with Gasteiger partial charge in [0, 0.05) is 33.1 Å². The fourth-order valence-electron chi connectivity index (χ4n) is 6.64. The average Bonchev–Trinajstić information content (AvgIpc) is 3.11. The van der Waals surface area contributed by atoms with Crippen molar-refractivity contribution < 1.29 is 9.53 Å². The van der Waals surface area contributed by atoms with Crippen LogP contribution in [0.3, 0.4) is 0 Å². The van der Waals surface area contributed by atoms with E-state index in [0.29, 0.717) is 12.4 Å². The highest BCUT2D eigenvalue weighted by molar-refractivity contribution is 5.81. The van der Waals surface area contributed by atoms with Gasteiger partial charge in [0.15, 0.2) is 6.19 Å². The number of unbranched alkanes of at least 4 members (excludes halogenated alkanes) is 19. The van der Waals surface area contributed by atoms with E-state index in [-0.39, 0.29) is 12.1 Å². The van der Waals surface area contributed by atoms with Gasteiger partial charge in [0.05, 0.1) is 0 Å². The van der Waals surface area contributed by atoms with Gasteiger partial charge in [0.2, 0.25) is 5.96 Å². The van der Waals surface area contributed by atoms with Gasteiger partial charge in [-0.2, -0.15) is 5.26 Å². The number of aliphatic imine (C=N–C) groups is 1. The minimum atomic E-state index is 0.0294. The van der Waals surface area contributed by atoms with E-state index < -0.39 is 0 Å². The lowest BCUT2D eigenvalue weighted by molar-refractivity contribution is -0.150. The standard InChI is InChI=1S/C43H86N6O2/c1-7-10-13-16-20-25-31-41(32-26-21-17-14-11-8-2)51-42(50)33-27-22-19-24-29-36-49(35-28-23-18-15-12-9-3)37-30-34-45-43(46-40-44)48(6)39-38-47(4)5/h41H,7-39H2,1-6H3,(H,45,46). The first-order chi connectivity index (χ1) is 24.9. The Hall–Kier alpha value is -1.85. The number of rotatable bonds is 37. The molecule has 8 heteroatoms. The van der Waals surface area contributed by atoms with Crippen LogP contribution in [0.1, 0.15) is 194 Å². The number of guanidine groups is 1. The van der Waals surface area contributed by atoms with E-state index in [1.54, 1.807) is 0 Å². The molecule has 0 amide bonds. The summed E-state index contributed by atoms with van der Waals surface area (Å²) < 4.78 is 6.06. The van der Waals surface area contributed by atoms with E-state index in [0.717, 1.165) is 71.4 Å². The van der Waals surface area contributed by atoms with E-state index in [9.17, 15) is 10.1 Å². The zero-order valence-electron chi connectivity index (χ0n) is 35.0. The number of nitrogens with one attached hydrogen (secondary N) is 1. The number of carbonyl (C=O) groups is 1. The Labute approximate surface area is 317 Å². The lowest BCUT2D eigenvalue weighted by Gasteiger charge is -2.23. The summed E-state index contributed by atoms with van der Waals surface area (Å²) in [5, 5.41) is 12.0. The van der Waals surface area contributed by atoms with Crippen LogP contribution < -0.4 is 5.32 Å². The van der Waals surface area contributed by atoms with Crippen molar-refractivity contribution >= 4 is 11.9 Å². The van der Waals surface area contributed by atoms with Gasteiger partial charge < -0.3 is 19.4 Å². The van der Waals surface area contributed by atoms with Crippen LogP contribution in [0.4, 0.5) is 0 Å². The van der Waals surface area contributed by atoms with Crippen molar-refractivity contribution in [3.8, 4) is 6.19 Å². The normalized spacial score (nSPS) is 11.9. The summed E-state index contributed by atoms with van der Waals surface area (Å²) in [5.74, 6) is 0.693. The van der Waals surface area contributed by atoms with Gasteiger partial charge in [-0.05, 0) is 85.1 Å². The zero-order valence-corrected chi connectivity index (χ0v) is 35.0. The topological polar surface area (TPSA) is 84.2 Å². The molecule has 51 heavy (non-hydrogen) atoms. The number of esters is 1. The largest absolute Gasteiger partial charge is 0.462 e. The van der Waals surface area contributed by atoms with Crippen LogP contribution >= 0.6 is 0 Å². The van der Waals surface area contributed by atoms with E-state index in [1.807, 2.05) is 11.9 Å². The van der Waals surface area contributed by atoms with E-state index in [1.165, 1.54) is 135 Å². The zero-order chi connectivity index (χ0) is 37.6. The third kappa shape index (κ3) is 33.7. The molecule has 0 aliphatic rings. The summed E-state index contributed by atoms with van der Waals surface area (Å²) in [6.45, 7) is 12.6. The molecule has 8 nitrogen and oxygen atoms in total. The van der Waals surface area contributed by atoms with Crippen molar-refractivity contribution in [2.75, 3.05) is 60.4 Å². The highest BCUT2D eigenvalue weighted by Crippen LogP contribution is 2.18. The molecule has 0 aromatic rings. The number of hydrogen-bond acceptors (Lipinski definition) is 6. The molecule has 0 aromatic carbocycles. The summed E-state index contributed by atoms with van der Waals surface area (Å²) in [4.78, 5) is 24.3. The molecule has 0 saturated heterocycles. The van der Waals surface area contributed by atoms with Gasteiger partial charge in [0.1, 0.15) is 6.10 Å². The number of ether oxygens (including phenoxy) is 1. The lowest BCUT2D eigenvalue weighted by atomic mass is 10.0. The van der Waals surface area contributed by atoms with Crippen molar-refractivity contribution in [3.63, 3.8) is 0 Å². The smallest absolute Gasteiger partial charge is 0.306 e. The Bertz CT molecular complexity index is 814. The van der Waals surface area contributed by atoms with Crippen LogP contribution in [0, 0.1) is 11.5 Å². The van der Waals surface area contributed by atoms with Gasteiger partial charge in [-0.1, -0.05) is 136 Å². The van der Waals surface area contributed by atoms with Crippen LogP contribution in [0.25, 0.3) is 0 Å². The molecule has 0 saturated carbocycles. The molecule has 0 aliphatic carbocycles. The van der Waals surface area contributed by atoms with Crippen LogP contribution in [0.15, 0.2) is 4.99 Å². The number of hydrogen-bond donors (Lipinski definition) is 1. The maximum Gasteiger partial charge on any atom is 0.306 e. The molecular weight excluding hydrogens is 633 g/mol. The van der Waals surface area contributed by atoms with Crippen LogP contribution in [0.5, 0.6) is 0 Å². The summed E-state index contributed by atoms with van der Waals surface area (Å²) in [6, 6.07) is 0. The van der Waals surface area contributed by atoms with Crippen LogP contribution in [-0.4, -0.2) is 93.1 Å². The minimum absolute atomic E-state index is 0.0294. The molecule has 0 heterocycles. The number of nitrogens with zero attached hydrogens (tertiary/aromatic N) is 5. The number of carbonyl (C=O) groups excluding carboxylic acids is 1. The molecular formula is C43H86N6O2. The Balaban J connectivity index is 4.60. The third-order valence-corrected chi connectivity index (χ3v) is 10.0. The second kappa shape index (κ2) is 37.9. The van der Waals surface area contributed by atoms with Gasteiger partial charge in [-0.25, -0.2) is 0 Å². The Morgan fingerprint density at radius 2 is 1.06 bits per heavy atom. The van der Waals surface area contributed by atoms with Gasteiger partial charge in [0.25, 0.3) is 0 Å². The van der Waals surface area contributed by atoms with Crippen LogP contribution in [0.2, 0.25) is 0 Å². The molecule has 0 fully saturated rings. The Morgan fingerprint density at radius 1 is 0.608 bits per heavy atom. The first-order valence-electron chi connectivity index (χ1n) is 21.8. The first-order valence-corrected chi connectivity index (χ1v) is 21.8. The molecule has 0 bridgehead atoms. The number of nitriles is 1. The maximum atomic E-state index is 12.8. The Kier molecular flexibility index (Phi) is 36.5. The van der Waals surface area contributed by atoms with E-state index >= 15 is 0 Å². The van der Waals surface area contributed by atoms with Crippen molar-refractivity contribution in [3.05, 3.63) is 0 Å². The molecule has 0 aliphatic heterocycles. The monoisotopic (exact) mass is 719 g/mol. The number of likely N-dealkylation sites (N-methyl/N-ethyl adjacent to an activating group) is 2. The van der Waals surface area contributed by atoms with Gasteiger partial charge >= 0.3 is 5.97 Å². The lowest BCUT2D eigenvalue weighted by Crippen LogP contribution is -2.40. The highest BCUT2D eigenvalue weighted by atomic mass is 16.5. The molecule has 0 radical (unpaired) electrons. The Morgan fingerprint density at radius 3 is 1.55 bits per heavy atom. The molecule has 0 unspecified atom stereocenters. The predicted molar refractivity (Wildman–Crippen MR) is 220 cm³/mol. The minimum Gasteiger partial charge on any atom is -0.462 e. The van der Waals surface area contributed by atoms with Gasteiger partial charge in [-0.15, -0.1) is 0 Å². The van der Waals surface area contributed by atoms with Gasteiger partial charge in [-0.3, -0.25) is 15.1 Å². The van der Waals surface area contributed by atoms with Crippen molar-refractivity contribution in [2.45, 2.75) is 200 Å². The molecule has 0 aromatic heterocycles. The summed E-state index contributed by atoms with van der Waals surface area (Å²) in [6.07, 6.45) is 34.9. The molecule has 0 atom stereocenters. The fourth-order valence-corrected chi connectivity index (χ4v) is 6.64. The molecule has 0 rings (SSSR count). The SMILES string of the molecule is CCCCCCCCC(CCCCCCCC)OC(=O)CCCCCCCN(CCCCCCCC)CCCN=C(NC#N)N(C)CCN(C)C. The molecule has 0 spiro atoms. The van der Waals surface area contributed by atoms with Crippen molar-refractivity contribution in [1.82, 2.24) is 20.0 Å². The van der Waals surface area contributed by atoms with E-state index in [4.69, 9.17) is 9.73 Å². The quantitative estimate of drug-likeness (QED) is 0.0171. The summed E-state index contributed by atoms with van der Waals surface area (Å²) >= 11 is 0. The fraction of sp³-hybridized carbons (Fsp3) is 0.930. The highest BCUT2D eigenvalue weighted by Gasteiger charge is 2.14. The van der Waals surface area contributed by atoms with Crippen molar-refractivity contribution in [2.24, 2.45) is 4.99 Å². The predicted octanol–water partition coefficient (Wildman–Crippen LogP) is 10.7. The van der Waals surface area contributed by atoms with Crippen LogP contribution in [-0.2, 0) is 9.53 Å². The maximum absolute atomic E-state index is 12.8.